The van der Waals surface area contributed by atoms with Gasteiger partial charge in [0.1, 0.15) is 0 Å². The zero-order chi connectivity index (χ0) is 8.48. The summed E-state index contributed by atoms with van der Waals surface area (Å²) < 4.78 is 12.3. The minimum atomic E-state index is -0.927. The molecular formula is C8H15FIN. The molecule has 1 fully saturated rings. The van der Waals surface area contributed by atoms with Crippen LogP contribution in [-0.4, -0.2) is 27.7 Å². The van der Waals surface area contributed by atoms with Crippen LogP contribution in [0.25, 0.3) is 0 Å². The van der Waals surface area contributed by atoms with Crippen LogP contribution in [-0.2, 0) is 0 Å². The van der Waals surface area contributed by atoms with Crippen molar-refractivity contribution < 1.29 is 4.39 Å². The molecule has 0 bridgehead atoms. The van der Waals surface area contributed by atoms with Crippen molar-refractivity contribution in [2.75, 3.05) is 13.1 Å². The second-order valence-corrected chi connectivity index (χ2v) is 5.42. The normalized spacial score (nSPS) is 25.9. The molecule has 0 spiro atoms. The highest BCUT2D eigenvalue weighted by atomic mass is 127. The van der Waals surface area contributed by atoms with Gasteiger partial charge in [-0.2, -0.15) is 0 Å². The first-order chi connectivity index (χ1) is 5.01. The fourth-order valence-corrected chi connectivity index (χ4v) is 1.85. The molecule has 1 rings (SSSR count). The van der Waals surface area contributed by atoms with Crippen LogP contribution in [0.3, 0.4) is 0 Å². The number of alkyl halides is 2. The summed E-state index contributed by atoms with van der Waals surface area (Å²) in [5.74, 6) is 0. The van der Waals surface area contributed by atoms with Crippen LogP contribution in [0.15, 0.2) is 0 Å². The van der Waals surface area contributed by atoms with Crippen LogP contribution in [0.2, 0.25) is 0 Å². The molecule has 0 saturated carbocycles. The molecule has 0 aromatic carbocycles. The topological polar surface area (TPSA) is 3.24 Å². The highest BCUT2D eigenvalue weighted by Gasteiger charge is 2.31. The summed E-state index contributed by atoms with van der Waals surface area (Å²) in [6, 6.07) is 0.572. The van der Waals surface area contributed by atoms with Crippen molar-refractivity contribution in [2.45, 2.75) is 36.4 Å². The molecule has 3 heteroatoms. The van der Waals surface area contributed by atoms with Crippen LogP contribution < -0.4 is 0 Å². The highest BCUT2D eigenvalue weighted by Crippen LogP contribution is 2.33. The minimum Gasteiger partial charge on any atom is -0.301 e. The first-order valence-corrected chi connectivity index (χ1v) is 5.21. The van der Waals surface area contributed by atoms with E-state index in [1.54, 1.807) is 0 Å². The third-order valence-corrected chi connectivity index (χ3v) is 3.34. The molecule has 1 saturated heterocycles. The van der Waals surface area contributed by atoms with E-state index in [2.05, 4.69) is 18.7 Å². The SMILES string of the molecule is CC(C)N1CCC(F)(I)CC1. The summed E-state index contributed by atoms with van der Waals surface area (Å²) >= 11 is 1.93. The zero-order valence-corrected chi connectivity index (χ0v) is 9.27. The molecule has 66 valence electrons. The number of piperidine rings is 1. The van der Waals surface area contributed by atoms with Crippen LogP contribution in [0.1, 0.15) is 26.7 Å². The van der Waals surface area contributed by atoms with Gasteiger partial charge in [-0.1, -0.05) is 0 Å². The van der Waals surface area contributed by atoms with Gasteiger partial charge in [-0.3, -0.25) is 0 Å². The summed E-state index contributed by atoms with van der Waals surface area (Å²) in [5, 5.41) is 0. The number of likely N-dealkylation sites (tertiary alicyclic amines) is 1. The van der Waals surface area contributed by atoms with Crippen molar-refractivity contribution in [3.05, 3.63) is 0 Å². The molecule has 0 amide bonds. The molecule has 1 nitrogen and oxygen atoms in total. The monoisotopic (exact) mass is 271 g/mol. The summed E-state index contributed by atoms with van der Waals surface area (Å²) in [7, 11) is 0. The van der Waals surface area contributed by atoms with E-state index in [-0.39, 0.29) is 0 Å². The van der Waals surface area contributed by atoms with Gasteiger partial charge in [0.25, 0.3) is 0 Å². The lowest BCUT2D eigenvalue weighted by atomic mass is 10.1. The number of nitrogens with zero attached hydrogens (tertiary/aromatic N) is 1. The fourth-order valence-electron chi connectivity index (χ4n) is 1.37. The molecule has 0 N–H and O–H groups in total. The molecular weight excluding hydrogens is 256 g/mol. The van der Waals surface area contributed by atoms with Crippen molar-refractivity contribution in [3.63, 3.8) is 0 Å². The quantitative estimate of drug-likeness (QED) is 0.523. The van der Waals surface area contributed by atoms with Crippen LogP contribution in [0.4, 0.5) is 4.39 Å². The first kappa shape index (κ1) is 9.71. The van der Waals surface area contributed by atoms with Gasteiger partial charge < -0.3 is 4.90 Å². The Morgan fingerprint density at radius 3 is 2.18 bits per heavy atom. The molecule has 0 atom stereocenters. The number of hydrogen-bond acceptors (Lipinski definition) is 1. The minimum absolute atomic E-state index is 0.572. The average Bonchev–Trinajstić information content (AvgIpc) is 1.86. The van der Waals surface area contributed by atoms with Crippen LogP contribution in [0.5, 0.6) is 0 Å². The average molecular weight is 271 g/mol. The molecule has 0 aromatic heterocycles. The summed E-state index contributed by atoms with van der Waals surface area (Å²) in [5.41, 5.74) is 0. The van der Waals surface area contributed by atoms with Crippen molar-refractivity contribution in [3.8, 4) is 0 Å². The van der Waals surface area contributed by atoms with E-state index >= 15 is 0 Å². The van der Waals surface area contributed by atoms with Crippen molar-refractivity contribution in [2.24, 2.45) is 0 Å². The largest absolute Gasteiger partial charge is 0.301 e. The molecule has 11 heavy (non-hydrogen) atoms. The molecule has 1 heterocycles. The molecule has 0 aromatic rings. The number of rotatable bonds is 1. The van der Waals surface area contributed by atoms with E-state index in [0.29, 0.717) is 18.9 Å². The lowest BCUT2D eigenvalue weighted by Crippen LogP contribution is -2.42. The third kappa shape index (κ3) is 2.86. The maximum absolute atomic E-state index is 13.3. The Morgan fingerprint density at radius 1 is 1.36 bits per heavy atom. The van der Waals surface area contributed by atoms with Crippen molar-refractivity contribution in [1.82, 2.24) is 4.90 Å². The third-order valence-electron chi connectivity index (χ3n) is 2.26. The summed E-state index contributed by atoms with van der Waals surface area (Å²) in [4.78, 5) is 2.33. The van der Waals surface area contributed by atoms with Crippen molar-refractivity contribution >= 4 is 22.6 Å². The highest BCUT2D eigenvalue weighted by molar-refractivity contribution is 14.1. The Hall–Kier alpha value is 0.620. The molecule has 0 radical (unpaired) electrons. The number of hydrogen-bond donors (Lipinski definition) is 0. The smallest absolute Gasteiger partial charge is 0.163 e. The van der Waals surface area contributed by atoms with E-state index in [1.165, 1.54) is 0 Å². The molecule has 0 aliphatic carbocycles. The van der Waals surface area contributed by atoms with Gasteiger partial charge in [-0.15, -0.1) is 0 Å². The predicted molar refractivity (Wildman–Crippen MR) is 53.8 cm³/mol. The van der Waals surface area contributed by atoms with E-state index < -0.39 is 3.68 Å². The Balaban J connectivity index is 2.36. The second-order valence-electron chi connectivity index (χ2n) is 3.49. The second kappa shape index (κ2) is 3.56. The van der Waals surface area contributed by atoms with Gasteiger partial charge >= 0.3 is 0 Å². The van der Waals surface area contributed by atoms with Crippen LogP contribution >= 0.6 is 22.6 Å². The Bertz CT molecular complexity index is 126. The van der Waals surface area contributed by atoms with Gasteiger partial charge in [0.05, 0.1) is 0 Å². The first-order valence-electron chi connectivity index (χ1n) is 4.13. The van der Waals surface area contributed by atoms with E-state index in [1.807, 2.05) is 22.6 Å². The predicted octanol–water partition coefficient (Wildman–Crippen LogP) is 2.59. The zero-order valence-electron chi connectivity index (χ0n) is 7.11. The van der Waals surface area contributed by atoms with E-state index in [4.69, 9.17) is 0 Å². The standard InChI is InChI=1S/C8H15FIN/c1-7(2)11-5-3-8(9,10)4-6-11/h7H,3-6H2,1-2H3. The van der Waals surface area contributed by atoms with Gasteiger partial charge in [0.15, 0.2) is 3.68 Å². The molecule has 0 unspecified atom stereocenters. The van der Waals surface area contributed by atoms with Gasteiger partial charge in [-0.25, -0.2) is 4.39 Å². The van der Waals surface area contributed by atoms with E-state index in [9.17, 15) is 4.39 Å². The maximum atomic E-state index is 13.3. The van der Waals surface area contributed by atoms with Gasteiger partial charge in [-0.05, 0) is 36.4 Å². The van der Waals surface area contributed by atoms with Gasteiger partial charge in [0, 0.05) is 32.0 Å². The maximum Gasteiger partial charge on any atom is 0.163 e. The van der Waals surface area contributed by atoms with Crippen LogP contribution in [0, 0.1) is 0 Å². The number of halogens is 2. The lowest BCUT2D eigenvalue weighted by molar-refractivity contribution is 0.116. The Morgan fingerprint density at radius 2 is 1.82 bits per heavy atom. The Labute approximate surface area is 81.5 Å². The molecule has 1 aliphatic heterocycles. The summed E-state index contributed by atoms with van der Waals surface area (Å²) in [6.07, 6.45) is 1.37. The fraction of sp³-hybridized carbons (Fsp3) is 1.00. The Kier molecular flexibility index (Phi) is 3.14. The van der Waals surface area contributed by atoms with Crippen molar-refractivity contribution in [1.29, 1.82) is 0 Å². The summed E-state index contributed by atoms with van der Waals surface area (Å²) in [6.45, 7) is 6.16. The van der Waals surface area contributed by atoms with Gasteiger partial charge in [0.2, 0.25) is 0 Å². The lowest BCUT2D eigenvalue weighted by Gasteiger charge is -2.35. The molecule has 1 aliphatic rings. The van der Waals surface area contributed by atoms with E-state index in [0.717, 1.165) is 13.1 Å².